The number of hydrogen-bond acceptors (Lipinski definition) is 6. The number of carbonyl (C=O) groups excluding carboxylic acids is 1. The number of carbonyl (C=O) groups is 1. The van der Waals surface area contributed by atoms with Crippen LogP contribution in [0.3, 0.4) is 0 Å². The van der Waals surface area contributed by atoms with Crippen molar-refractivity contribution in [2.45, 2.75) is 33.2 Å². The van der Waals surface area contributed by atoms with Crippen molar-refractivity contribution >= 4 is 17.5 Å². The minimum Gasteiger partial charge on any atom is -0.368 e. The summed E-state index contributed by atoms with van der Waals surface area (Å²) < 4.78 is 0. The topological polar surface area (TPSA) is 110 Å². The summed E-state index contributed by atoms with van der Waals surface area (Å²) in [6.07, 6.45) is 0.686. The zero-order valence-corrected chi connectivity index (χ0v) is 11.0. The molecule has 1 aromatic heterocycles. The molecule has 1 heterocycles. The fraction of sp³-hybridized carbons (Fsp3) is 0.545. The Labute approximate surface area is 107 Å². The Balaban J connectivity index is 3.13. The standard InChI is InChI=1S/C11H20N6O/c1-4-9-14-10(16-13)5-11(15-9)17(7(2)3)6-8(12)18/h5,7H,4,6,13H2,1-3H3,(H2,12,18)(H,14,15,16). The largest absolute Gasteiger partial charge is 0.368 e. The first-order valence-corrected chi connectivity index (χ1v) is 5.87. The average Bonchev–Trinajstić information content (AvgIpc) is 2.34. The second-order valence-corrected chi connectivity index (χ2v) is 4.21. The summed E-state index contributed by atoms with van der Waals surface area (Å²) in [5, 5.41) is 0. The van der Waals surface area contributed by atoms with Crippen LogP contribution in [0, 0.1) is 0 Å². The highest BCUT2D eigenvalue weighted by Gasteiger charge is 2.16. The first-order valence-electron chi connectivity index (χ1n) is 5.87. The van der Waals surface area contributed by atoms with E-state index in [0.717, 1.165) is 0 Å². The fourth-order valence-electron chi connectivity index (χ4n) is 1.56. The average molecular weight is 252 g/mol. The van der Waals surface area contributed by atoms with Crippen molar-refractivity contribution in [2.24, 2.45) is 11.6 Å². The van der Waals surface area contributed by atoms with Crippen molar-refractivity contribution in [3.05, 3.63) is 11.9 Å². The van der Waals surface area contributed by atoms with Gasteiger partial charge in [-0.05, 0) is 13.8 Å². The molecular weight excluding hydrogens is 232 g/mol. The summed E-state index contributed by atoms with van der Waals surface area (Å²) in [6, 6.07) is 1.80. The van der Waals surface area contributed by atoms with Crippen LogP contribution in [0.2, 0.25) is 0 Å². The predicted molar refractivity (Wildman–Crippen MR) is 70.9 cm³/mol. The molecule has 0 aromatic carbocycles. The second-order valence-electron chi connectivity index (χ2n) is 4.21. The summed E-state index contributed by atoms with van der Waals surface area (Å²) in [4.78, 5) is 21.5. The molecule has 0 unspecified atom stereocenters. The van der Waals surface area contributed by atoms with E-state index in [4.69, 9.17) is 11.6 Å². The number of hydrogen-bond donors (Lipinski definition) is 3. The van der Waals surface area contributed by atoms with Crippen molar-refractivity contribution in [1.82, 2.24) is 9.97 Å². The lowest BCUT2D eigenvalue weighted by molar-refractivity contribution is -0.116. The molecule has 1 amide bonds. The summed E-state index contributed by atoms with van der Waals surface area (Å²) >= 11 is 0. The number of aryl methyl sites for hydroxylation is 1. The van der Waals surface area contributed by atoms with Gasteiger partial charge in [-0.3, -0.25) is 4.79 Å². The highest BCUT2D eigenvalue weighted by molar-refractivity contribution is 5.79. The monoisotopic (exact) mass is 252 g/mol. The Morgan fingerprint density at radius 2 is 2.17 bits per heavy atom. The fourth-order valence-corrected chi connectivity index (χ4v) is 1.56. The van der Waals surface area contributed by atoms with Gasteiger partial charge in [-0.1, -0.05) is 6.92 Å². The van der Waals surface area contributed by atoms with Gasteiger partial charge >= 0.3 is 0 Å². The quantitative estimate of drug-likeness (QED) is 0.486. The van der Waals surface area contributed by atoms with Gasteiger partial charge in [-0.15, -0.1) is 0 Å². The van der Waals surface area contributed by atoms with E-state index in [1.807, 2.05) is 25.7 Å². The van der Waals surface area contributed by atoms with Crippen LogP contribution in [0.4, 0.5) is 11.6 Å². The van der Waals surface area contributed by atoms with E-state index in [1.54, 1.807) is 6.07 Å². The molecule has 0 aliphatic rings. The molecule has 1 rings (SSSR count). The predicted octanol–water partition coefficient (Wildman–Crippen LogP) is 0.0247. The van der Waals surface area contributed by atoms with Gasteiger partial charge < -0.3 is 16.1 Å². The highest BCUT2D eigenvalue weighted by Crippen LogP contribution is 2.17. The molecule has 7 nitrogen and oxygen atoms in total. The van der Waals surface area contributed by atoms with Crippen molar-refractivity contribution in [3.63, 3.8) is 0 Å². The van der Waals surface area contributed by atoms with E-state index in [-0.39, 0.29) is 12.6 Å². The maximum Gasteiger partial charge on any atom is 0.237 e. The van der Waals surface area contributed by atoms with Gasteiger partial charge in [0.1, 0.15) is 17.5 Å². The Bertz CT molecular complexity index is 398. The molecule has 0 bridgehead atoms. The Morgan fingerprint density at radius 3 is 2.61 bits per heavy atom. The van der Waals surface area contributed by atoms with Crippen molar-refractivity contribution in [1.29, 1.82) is 0 Å². The molecule has 0 aliphatic heterocycles. The van der Waals surface area contributed by atoms with E-state index in [2.05, 4.69) is 15.4 Å². The SMILES string of the molecule is CCc1nc(NN)cc(N(CC(N)=O)C(C)C)n1. The van der Waals surface area contributed by atoms with Gasteiger partial charge in [0.15, 0.2) is 0 Å². The molecule has 100 valence electrons. The Kier molecular flexibility index (Phi) is 4.85. The molecule has 0 radical (unpaired) electrons. The third kappa shape index (κ3) is 3.56. The second kappa shape index (κ2) is 6.15. The van der Waals surface area contributed by atoms with E-state index in [9.17, 15) is 4.79 Å². The van der Waals surface area contributed by atoms with Gasteiger partial charge in [0, 0.05) is 18.5 Å². The molecule has 0 fully saturated rings. The van der Waals surface area contributed by atoms with Crippen LogP contribution in [-0.4, -0.2) is 28.5 Å². The summed E-state index contributed by atoms with van der Waals surface area (Å²) in [5.41, 5.74) is 7.74. The summed E-state index contributed by atoms with van der Waals surface area (Å²) in [5.74, 6) is 6.79. The molecular formula is C11H20N6O. The lowest BCUT2D eigenvalue weighted by Gasteiger charge is -2.27. The van der Waals surface area contributed by atoms with Gasteiger partial charge in [0.05, 0.1) is 6.54 Å². The number of nitrogens with two attached hydrogens (primary N) is 2. The van der Waals surface area contributed by atoms with Crippen LogP contribution in [0.1, 0.15) is 26.6 Å². The van der Waals surface area contributed by atoms with Crippen molar-refractivity contribution < 1.29 is 4.79 Å². The molecule has 0 saturated carbocycles. The summed E-state index contributed by atoms with van der Waals surface area (Å²) in [7, 11) is 0. The third-order valence-electron chi connectivity index (χ3n) is 2.47. The van der Waals surface area contributed by atoms with Crippen molar-refractivity contribution in [3.8, 4) is 0 Å². The lowest BCUT2D eigenvalue weighted by Crippen LogP contribution is -2.39. The number of nitrogens with zero attached hydrogens (tertiary/aromatic N) is 3. The van der Waals surface area contributed by atoms with Gasteiger partial charge in [-0.25, -0.2) is 15.8 Å². The van der Waals surface area contributed by atoms with Crippen LogP contribution >= 0.6 is 0 Å². The molecule has 1 aromatic rings. The van der Waals surface area contributed by atoms with Crippen molar-refractivity contribution in [2.75, 3.05) is 16.9 Å². The highest BCUT2D eigenvalue weighted by atomic mass is 16.1. The normalized spacial score (nSPS) is 10.5. The maximum atomic E-state index is 11.1. The minimum atomic E-state index is -0.400. The number of nitrogens with one attached hydrogen (secondary N) is 1. The minimum absolute atomic E-state index is 0.0998. The zero-order valence-electron chi connectivity index (χ0n) is 11.0. The Morgan fingerprint density at radius 1 is 1.50 bits per heavy atom. The molecule has 7 heteroatoms. The molecule has 0 atom stereocenters. The lowest BCUT2D eigenvalue weighted by atomic mass is 10.3. The molecule has 0 aliphatic carbocycles. The van der Waals surface area contributed by atoms with E-state index in [1.165, 1.54) is 0 Å². The van der Waals surface area contributed by atoms with Crippen LogP contribution in [0.25, 0.3) is 0 Å². The first kappa shape index (κ1) is 14.2. The number of amides is 1. The summed E-state index contributed by atoms with van der Waals surface area (Å²) in [6.45, 7) is 5.99. The van der Waals surface area contributed by atoms with E-state index in [0.29, 0.717) is 23.9 Å². The van der Waals surface area contributed by atoms with Crippen LogP contribution in [0.5, 0.6) is 0 Å². The zero-order chi connectivity index (χ0) is 13.7. The number of aromatic nitrogens is 2. The third-order valence-corrected chi connectivity index (χ3v) is 2.47. The van der Waals surface area contributed by atoms with E-state index < -0.39 is 5.91 Å². The van der Waals surface area contributed by atoms with Gasteiger partial charge in [-0.2, -0.15) is 0 Å². The molecule has 18 heavy (non-hydrogen) atoms. The van der Waals surface area contributed by atoms with Gasteiger partial charge in [0.2, 0.25) is 5.91 Å². The number of primary amides is 1. The molecule has 0 saturated heterocycles. The van der Waals surface area contributed by atoms with Crippen LogP contribution < -0.4 is 21.9 Å². The number of anilines is 2. The molecule has 0 spiro atoms. The number of nitrogen functional groups attached to an aromatic ring is 1. The smallest absolute Gasteiger partial charge is 0.237 e. The van der Waals surface area contributed by atoms with E-state index >= 15 is 0 Å². The van der Waals surface area contributed by atoms with Gasteiger partial charge in [0.25, 0.3) is 0 Å². The Hall–Kier alpha value is -1.89. The number of rotatable bonds is 6. The maximum absolute atomic E-state index is 11.1. The first-order chi connectivity index (χ1) is 8.47. The van der Waals surface area contributed by atoms with Crippen LogP contribution in [0.15, 0.2) is 6.07 Å². The number of hydrazine groups is 1. The molecule has 5 N–H and O–H groups in total. The van der Waals surface area contributed by atoms with Crippen LogP contribution in [-0.2, 0) is 11.2 Å².